The van der Waals surface area contributed by atoms with Gasteiger partial charge in [-0.1, -0.05) is 30.3 Å². The highest BCUT2D eigenvalue weighted by Gasteiger charge is 2.41. The van der Waals surface area contributed by atoms with Crippen molar-refractivity contribution >= 4 is 34.4 Å². The van der Waals surface area contributed by atoms with Crippen LogP contribution < -0.4 is 0 Å². The predicted molar refractivity (Wildman–Crippen MR) is 113 cm³/mol. The van der Waals surface area contributed by atoms with E-state index in [9.17, 15) is 29.4 Å². The van der Waals surface area contributed by atoms with Crippen molar-refractivity contribution in [2.75, 3.05) is 13.2 Å². The molecule has 3 aromatic rings. The third-order valence-corrected chi connectivity index (χ3v) is 5.98. The normalized spacial score (nSPS) is 15.3. The largest absolute Gasteiger partial charge is 0.394 e. The molecule has 8 heteroatoms. The second kappa shape index (κ2) is 7.37. The highest BCUT2D eigenvalue weighted by molar-refractivity contribution is 6.33. The van der Waals surface area contributed by atoms with Crippen molar-refractivity contribution in [2.24, 2.45) is 0 Å². The zero-order valence-electron chi connectivity index (χ0n) is 16.8. The molecule has 0 fully saturated rings. The lowest BCUT2D eigenvalue weighted by Crippen LogP contribution is -2.50. The number of hydrogen-bond acceptors (Lipinski definition) is 6. The van der Waals surface area contributed by atoms with Gasteiger partial charge in [-0.2, -0.15) is 0 Å². The first-order chi connectivity index (χ1) is 15.5. The van der Waals surface area contributed by atoms with Crippen LogP contribution in [0.3, 0.4) is 0 Å². The van der Waals surface area contributed by atoms with Crippen LogP contribution in [0, 0.1) is 0 Å². The van der Waals surface area contributed by atoms with E-state index in [2.05, 4.69) is 0 Å². The number of hydrogen-bond donors (Lipinski definition) is 2. The molecule has 0 radical (unpaired) electrons. The minimum atomic E-state index is -1.09. The molecule has 0 bridgehead atoms. The van der Waals surface area contributed by atoms with E-state index in [1.165, 1.54) is 24.3 Å². The quantitative estimate of drug-likeness (QED) is 0.594. The Bertz CT molecular complexity index is 1240. The highest BCUT2D eigenvalue weighted by Crippen LogP contribution is 2.38. The number of amides is 4. The lowest BCUT2D eigenvalue weighted by atomic mass is 9.85. The highest BCUT2D eigenvalue weighted by atomic mass is 16.3. The molecule has 0 unspecified atom stereocenters. The molecule has 0 saturated carbocycles. The molecule has 3 aromatic carbocycles. The van der Waals surface area contributed by atoms with Crippen molar-refractivity contribution < 1.29 is 29.4 Å². The summed E-state index contributed by atoms with van der Waals surface area (Å²) in [5, 5.41) is 19.6. The van der Waals surface area contributed by atoms with E-state index in [4.69, 9.17) is 0 Å². The van der Waals surface area contributed by atoms with Gasteiger partial charge in [0.25, 0.3) is 23.6 Å². The molecule has 0 aromatic heterocycles. The van der Waals surface area contributed by atoms with E-state index < -0.39 is 42.9 Å². The molecule has 8 nitrogen and oxygen atoms in total. The third kappa shape index (κ3) is 2.70. The van der Waals surface area contributed by atoms with Crippen LogP contribution in [0.2, 0.25) is 0 Å². The first kappa shape index (κ1) is 20.0. The van der Waals surface area contributed by atoms with E-state index in [1.807, 2.05) is 30.3 Å². The van der Waals surface area contributed by atoms with Crippen molar-refractivity contribution in [2.45, 2.75) is 12.6 Å². The van der Waals surface area contributed by atoms with Crippen molar-refractivity contribution in [3.05, 3.63) is 82.4 Å². The maximum absolute atomic E-state index is 13.2. The van der Waals surface area contributed by atoms with Crippen LogP contribution in [0.15, 0.2) is 54.6 Å². The lowest BCUT2D eigenvalue weighted by molar-refractivity contribution is 0.0374. The molecule has 0 spiro atoms. The molecule has 4 amide bonds. The van der Waals surface area contributed by atoms with Crippen LogP contribution in [0.5, 0.6) is 0 Å². The first-order valence-corrected chi connectivity index (χ1v) is 10.1. The Morgan fingerprint density at radius 2 is 1.06 bits per heavy atom. The van der Waals surface area contributed by atoms with Crippen molar-refractivity contribution in [1.82, 2.24) is 9.80 Å². The maximum Gasteiger partial charge on any atom is 0.261 e. The second-order valence-electron chi connectivity index (χ2n) is 7.75. The summed E-state index contributed by atoms with van der Waals surface area (Å²) in [6.45, 7) is -1.08. The molecule has 0 saturated heterocycles. The Balaban J connectivity index is 1.67. The van der Waals surface area contributed by atoms with Crippen LogP contribution in [0.4, 0.5) is 0 Å². The Morgan fingerprint density at radius 3 is 1.50 bits per heavy atom. The van der Waals surface area contributed by atoms with E-state index in [-0.39, 0.29) is 39.6 Å². The number of nitrogens with zero attached hydrogens (tertiary/aromatic N) is 2. The zero-order chi connectivity index (χ0) is 22.6. The molecule has 0 aliphatic carbocycles. The summed E-state index contributed by atoms with van der Waals surface area (Å²) in [4.78, 5) is 54.6. The summed E-state index contributed by atoms with van der Waals surface area (Å²) in [6, 6.07) is 13.9. The molecule has 0 atom stereocenters. The predicted octanol–water partition coefficient (Wildman–Crippen LogP) is 1.59. The molecule has 2 heterocycles. The van der Waals surface area contributed by atoms with Gasteiger partial charge >= 0.3 is 0 Å². The van der Waals surface area contributed by atoms with Gasteiger partial charge in [0.1, 0.15) is 0 Å². The SMILES string of the molecule is O=C1c2ccc3c4c(ccc(c24)C(=O)N1Cc1ccccc1)C(=O)N(C(CO)CO)C3=O. The Morgan fingerprint density at radius 1 is 0.625 bits per heavy atom. The number of rotatable bonds is 5. The Labute approximate surface area is 182 Å². The molecule has 2 aliphatic rings. The third-order valence-electron chi connectivity index (χ3n) is 5.98. The summed E-state index contributed by atoms with van der Waals surface area (Å²) in [5.41, 5.74) is 1.56. The smallest absolute Gasteiger partial charge is 0.261 e. The number of aliphatic hydroxyl groups is 2. The molecular weight excluding hydrogens is 412 g/mol. The molecule has 32 heavy (non-hydrogen) atoms. The van der Waals surface area contributed by atoms with Crippen LogP contribution in [-0.2, 0) is 6.54 Å². The summed E-state index contributed by atoms with van der Waals surface area (Å²) in [6.07, 6.45) is 0. The summed E-state index contributed by atoms with van der Waals surface area (Å²) < 4.78 is 0. The van der Waals surface area contributed by atoms with Gasteiger partial charge in [0.05, 0.1) is 25.8 Å². The maximum atomic E-state index is 13.2. The van der Waals surface area contributed by atoms with Gasteiger partial charge in [0.2, 0.25) is 0 Å². The van der Waals surface area contributed by atoms with Gasteiger partial charge in [-0.3, -0.25) is 29.0 Å². The average molecular weight is 430 g/mol. The van der Waals surface area contributed by atoms with Gasteiger partial charge < -0.3 is 10.2 Å². The number of carbonyl (C=O) groups is 4. The second-order valence-corrected chi connectivity index (χ2v) is 7.75. The summed E-state index contributed by atoms with van der Waals surface area (Å²) in [5.74, 6) is -2.38. The van der Waals surface area contributed by atoms with E-state index >= 15 is 0 Å². The Kier molecular flexibility index (Phi) is 4.61. The van der Waals surface area contributed by atoms with Crippen LogP contribution >= 0.6 is 0 Å². The average Bonchev–Trinajstić information content (AvgIpc) is 2.82. The van der Waals surface area contributed by atoms with Gasteiger partial charge in [-0.15, -0.1) is 0 Å². The van der Waals surface area contributed by atoms with Crippen molar-refractivity contribution in [3.63, 3.8) is 0 Å². The van der Waals surface area contributed by atoms with Gasteiger partial charge in [-0.05, 0) is 29.8 Å². The van der Waals surface area contributed by atoms with Crippen LogP contribution in [0.1, 0.15) is 47.0 Å². The minimum absolute atomic E-state index is 0.100. The zero-order valence-corrected chi connectivity index (χ0v) is 16.8. The lowest BCUT2D eigenvalue weighted by Gasteiger charge is -2.34. The van der Waals surface area contributed by atoms with E-state index in [0.717, 1.165) is 15.4 Å². The van der Waals surface area contributed by atoms with Gasteiger partial charge in [-0.25, -0.2) is 0 Å². The van der Waals surface area contributed by atoms with E-state index in [1.54, 1.807) is 0 Å². The molecular formula is C24H18N2O6. The monoisotopic (exact) mass is 430 g/mol. The fraction of sp³-hybridized carbons (Fsp3) is 0.167. The number of benzene rings is 3. The summed E-state index contributed by atoms with van der Waals surface area (Å²) >= 11 is 0. The Hall–Kier alpha value is -3.88. The number of carbonyl (C=O) groups excluding carboxylic acids is 4. The van der Waals surface area contributed by atoms with Crippen molar-refractivity contribution in [1.29, 1.82) is 0 Å². The molecule has 160 valence electrons. The first-order valence-electron chi connectivity index (χ1n) is 10.1. The van der Waals surface area contributed by atoms with Gasteiger partial charge in [0.15, 0.2) is 0 Å². The topological polar surface area (TPSA) is 115 Å². The number of aliphatic hydroxyl groups excluding tert-OH is 2. The van der Waals surface area contributed by atoms with Crippen molar-refractivity contribution in [3.8, 4) is 0 Å². The minimum Gasteiger partial charge on any atom is -0.394 e. The molecule has 5 rings (SSSR count). The fourth-order valence-corrected chi connectivity index (χ4v) is 4.41. The van der Waals surface area contributed by atoms with Gasteiger partial charge in [0, 0.05) is 33.0 Å². The summed E-state index contributed by atoms with van der Waals surface area (Å²) in [7, 11) is 0. The standard InChI is InChI=1S/C24H18N2O6/c27-11-14(12-28)26-23(31)17-8-6-15-19-16(7-9-18(20(17)19)24(26)32)22(30)25(21(15)29)10-13-4-2-1-3-5-13/h1-9,14,27-28H,10-12H2. The van der Waals surface area contributed by atoms with Crippen LogP contribution in [0.25, 0.3) is 10.8 Å². The fourth-order valence-electron chi connectivity index (χ4n) is 4.41. The molecule has 2 aliphatic heterocycles. The van der Waals surface area contributed by atoms with Crippen LogP contribution in [-0.4, -0.2) is 62.9 Å². The molecule has 2 N–H and O–H groups in total. The van der Waals surface area contributed by atoms with E-state index in [0.29, 0.717) is 0 Å². The number of imide groups is 2.